The maximum absolute atomic E-state index is 11.6. The predicted octanol–water partition coefficient (Wildman–Crippen LogP) is 2.75. The Morgan fingerprint density at radius 2 is 1.24 bits per heavy atom. The van der Waals surface area contributed by atoms with Crippen molar-refractivity contribution in [1.82, 2.24) is 0 Å². The molecule has 0 aromatic carbocycles. The molecule has 0 bridgehead atoms. The summed E-state index contributed by atoms with van der Waals surface area (Å²) >= 11 is 0. The van der Waals surface area contributed by atoms with E-state index in [1.54, 1.807) is 0 Å². The zero-order valence-electron chi connectivity index (χ0n) is 15.6. The summed E-state index contributed by atoms with van der Waals surface area (Å²) < 4.78 is -0.495. The van der Waals surface area contributed by atoms with E-state index in [4.69, 9.17) is 0 Å². The van der Waals surface area contributed by atoms with Gasteiger partial charge in [-0.2, -0.15) is 0 Å². The van der Waals surface area contributed by atoms with Crippen LogP contribution in [0.4, 0.5) is 0 Å². The fourth-order valence-electron chi connectivity index (χ4n) is 3.31. The molecule has 3 unspecified atom stereocenters. The van der Waals surface area contributed by atoms with Crippen LogP contribution in [0.3, 0.4) is 0 Å². The number of hydrogen-bond acceptors (Lipinski definition) is 3. The van der Waals surface area contributed by atoms with E-state index >= 15 is 0 Å². The van der Waals surface area contributed by atoms with E-state index in [0.717, 1.165) is 25.7 Å². The lowest BCUT2D eigenvalue weighted by Crippen LogP contribution is -2.70. The maximum atomic E-state index is 11.6. The van der Waals surface area contributed by atoms with Crippen molar-refractivity contribution in [2.24, 2.45) is 0 Å². The lowest BCUT2D eigenvalue weighted by Gasteiger charge is -2.47. The Hall–Kier alpha value is -1.89. The summed E-state index contributed by atoms with van der Waals surface area (Å²) in [6.45, 7) is 6.43. The fourth-order valence-corrected chi connectivity index (χ4v) is 3.31. The van der Waals surface area contributed by atoms with Crippen LogP contribution in [0.5, 0.6) is 0 Å². The first kappa shape index (κ1) is 23.1. The molecule has 0 aliphatic heterocycles. The quantitative estimate of drug-likeness (QED) is 0.265. The second kappa shape index (κ2) is 10.9. The minimum atomic E-state index is -1.19. The molecule has 0 aliphatic rings. The third-order valence-corrected chi connectivity index (χ3v) is 5.05. The van der Waals surface area contributed by atoms with Crippen molar-refractivity contribution in [3.05, 3.63) is 12.2 Å². The van der Waals surface area contributed by atoms with Gasteiger partial charge in [-0.3, -0.25) is 4.48 Å². The molecule has 0 saturated carbocycles. The van der Waals surface area contributed by atoms with E-state index in [9.17, 15) is 29.7 Å². The summed E-state index contributed by atoms with van der Waals surface area (Å²) in [5.74, 6) is -3.56. The minimum Gasteiger partial charge on any atom is -0.477 e. The number of allylic oxidation sites excluding steroid dienone is 2. The number of unbranched alkanes of at least 4 members (excludes halogenated alkanes) is 3. The molecule has 0 heterocycles. The molecular formula is C18H32NO6+. The smallest absolute Gasteiger partial charge is 0.362 e. The largest absolute Gasteiger partial charge is 0.477 e. The van der Waals surface area contributed by atoms with Crippen LogP contribution in [0.1, 0.15) is 59.8 Å². The van der Waals surface area contributed by atoms with E-state index in [0.29, 0.717) is 6.42 Å². The number of rotatable bonds is 13. The highest BCUT2D eigenvalue weighted by molar-refractivity contribution is 5.77. The van der Waals surface area contributed by atoms with Crippen LogP contribution in [0.15, 0.2) is 12.2 Å². The number of quaternary nitrogens is 1. The van der Waals surface area contributed by atoms with E-state index in [1.807, 2.05) is 0 Å². The minimum absolute atomic E-state index is 0.200. The standard InChI is InChI=1S/C18H31NO6/c1-5-6-7-8-9-10-11-12-19(13(2)16(20)21,14(3)17(22)23)15(4)18(24)25/h6-7,13-15H,5,8-12H2,1-4H3,(H2-,20,21,22,23,24,25)/p+1/b7-6+. The molecule has 3 N–H and O–H groups in total. The Morgan fingerprint density at radius 3 is 1.60 bits per heavy atom. The van der Waals surface area contributed by atoms with Gasteiger partial charge in [-0.25, -0.2) is 14.4 Å². The molecule has 0 aromatic heterocycles. The molecule has 0 rings (SSSR count). The van der Waals surface area contributed by atoms with Gasteiger partial charge in [0.15, 0.2) is 18.1 Å². The SMILES string of the molecule is CC/C=C/CCCCC[N+](C(C)C(=O)O)(C(C)C(=O)O)C(C)C(=O)O. The van der Waals surface area contributed by atoms with Gasteiger partial charge in [0.2, 0.25) is 0 Å². The fraction of sp³-hybridized carbons (Fsp3) is 0.722. The average molecular weight is 358 g/mol. The highest BCUT2D eigenvalue weighted by Crippen LogP contribution is 2.27. The highest BCUT2D eigenvalue weighted by atomic mass is 16.4. The normalized spacial score (nSPS) is 17.6. The summed E-state index contributed by atoms with van der Waals surface area (Å²) in [5, 5.41) is 28.4. The van der Waals surface area contributed by atoms with Crippen LogP contribution < -0.4 is 0 Å². The third-order valence-electron chi connectivity index (χ3n) is 5.05. The molecule has 0 saturated heterocycles. The molecule has 0 spiro atoms. The van der Waals surface area contributed by atoms with Gasteiger partial charge >= 0.3 is 17.9 Å². The molecule has 0 aromatic rings. The summed E-state index contributed by atoms with van der Waals surface area (Å²) in [4.78, 5) is 34.8. The average Bonchev–Trinajstić information content (AvgIpc) is 2.55. The van der Waals surface area contributed by atoms with Crippen LogP contribution >= 0.6 is 0 Å². The van der Waals surface area contributed by atoms with Crippen LogP contribution in [-0.2, 0) is 14.4 Å². The lowest BCUT2D eigenvalue weighted by atomic mass is 10.00. The van der Waals surface area contributed by atoms with Gasteiger partial charge < -0.3 is 15.3 Å². The van der Waals surface area contributed by atoms with E-state index < -0.39 is 40.5 Å². The van der Waals surface area contributed by atoms with Gasteiger partial charge in [0, 0.05) is 0 Å². The van der Waals surface area contributed by atoms with E-state index in [2.05, 4.69) is 19.1 Å². The van der Waals surface area contributed by atoms with Gasteiger partial charge in [-0.15, -0.1) is 0 Å². The van der Waals surface area contributed by atoms with Crippen molar-refractivity contribution in [3.8, 4) is 0 Å². The van der Waals surface area contributed by atoms with Gasteiger partial charge in [0.1, 0.15) is 0 Å². The molecule has 7 nitrogen and oxygen atoms in total. The van der Waals surface area contributed by atoms with Gasteiger partial charge in [-0.1, -0.05) is 19.1 Å². The molecule has 0 radical (unpaired) electrons. The molecule has 3 atom stereocenters. The van der Waals surface area contributed by atoms with Crippen LogP contribution in [-0.4, -0.2) is 62.4 Å². The molecule has 0 fully saturated rings. The zero-order valence-corrected chi connectivity index (χ0v) is 15.6. The molecule has 25 heavy (non-hydrogen) atoms. The van der Waals surface area contributed by atoms with E-state index in [-0.39, 0.29) is 6.54 Å². The number of nitrogens with zero attached hydrogens (tertiary/aromatic N) is 1. The number of carbonyl (C=O) groups is 3. The van der Waals surface area contributed by atoms with Crippen LogP contribution in [0.25, 0.3) is 0 Å². The molecule has 0 aliphatic carbocycles. The molecule has 144 valence electrons. The van der Waals surface area contributed by atoms with E-state index in [1.165, 1.54) is 20.8 Å². The lowest BCUT2D eigenvalue weighted by molar-refractivity contribution is -0.968. The summed E-state index contributed by atoms with van der Waals surface area (Å²) in [5.41, 5.74) is 0. The zero-order chi connectivity index (χ0) is 19.6. The number of carboxylic acid groups (broad SMARTS) is 3. The second-order valence-corrected chi connectivity index (χ2v) is 6.49. The Labute approximate surface area is 149 Å². The van der Waals surface area contributed by atoms with Crippen molar-refractivity contribution in [3.63, 3.8) is 0 Å². The van der Waals surface area contributed by atoms with Crippen molar-refractivity contribution < 1.29 is 34.2 Å². The first-order valence-electron chi connectivity index (χ1n) is 8.83. The number of hydrogen-bond donors (Lipinski definition) is 3. The molecule has 0 amide bonds. The second-order valence-electron chi connectivity index (χ2n) is 6.49. The van der Waals surface area contributed by atoms with Gasteiger partial charge in [0.25, 0.3) is 0 Å². The van der Waals surface area contributed by atoms with Crippen molar-refractivity contribution in [2.45, 2.75) is 77.9 Å². The Balaban J connectivity index is 5.40. The van der Waals surface area contributed by atoms with Gasteiger partial charge in [0.05, 0.1) is 6.54 Å². The van der Waals surface area contributed by atoms with Crippen LogP contribution in [0, 0.1) is 0 Å². The number of carboxylic acids is 3. The van der Waals surface area contributed by atoms with Crippen molar-refractivity contribution in [1.29, 1.82) is 0 Å². The van der Waals surface area contributed by atoms with Crippen molar-refractivity contribution >= 4 is 17.9 Å². The van der Waals surface area contributed by atoms with Crippen LogP contribution in [0.2, 0.25) is 0 Å². The summed E-state index contributed by atoms with van der Waals surface area (Å²) in [6.07, 6.45) is 8.31. The summed E-state index contributed by atoms with van der Waals surface area (Å²) in [6, 6.07) is -3.38. The number of aliphatic carboxylic acids is 3. The Morgan fingerprint density at radius 1 is 0.800 bits per heavy atom. The van der Waals surface area contributed by atoms with Gasteiger partial charge in [-0.05, 0) is 52.9 Å². The van der Waals surface area contributed by atoms with Crippen molar-refractivity contribution in [2.75, 3.05) is 6.54 Å². The molecular weight excluding hydrogens is 326 g/mol. The maximum Gasteiger partial charge on any atom is 0.362 e. The predicted molar refractivity (Wildman–Crippen MR) is 94.3 cm³/mol. The highest BCUT2D eigenvalue weighted by Gasteiger charge is 2.52. The first-order valence-corrected chi connectivity index (χ1v) is 8.83. The Bertz CT molecular complexity index is 438. The topological polar surface area (TPSA) is 112 Å². The first-order chi connectivity index (χ1) is 11.6. The molecule has 7 heteroatoms. The third kappa shape index (κ3) is 6.16. The monoisotopic (exact) mass is 358 g/mol. The Kier molecular flexibility index (Phi) is 10.0. The summed E-state index contributed by atoms with van der Waals surface area (Å²) in [7, 11) is 0.